The number of sulfone groups is 1. The Bertz CT molecular complexity index is 842. The molecule has 1 aromatic rings. The summed E-state index contributed by atoms with van der Waals surface area (Å²) in [4.78, 5) is 41.0. The van der Waals surface area contributed by atoms with Gasteiger partial charge in [-0.25, -0.2) is 8.42 Å². The van der Waals surface area contributed by atoms with Crippen LogP contribution in [0.1, 0.15) is 25.0 Å². The second-order valence-electron chi connectivity index (χ2n) is 6.85. The number of carbonyl (C=O) groups excluding carboxylic acids is 3. The number of aromatic nitrogens is 1. The third-order valence-electron chi connectivity index (χ3n) is 4.97. The number of fused-ring (bicyclic) bond motifs is 1. The molecule has 3 heterocycles. The molecule has 3 unspecified atom stereocenters. The maximum Gasteiger partial charge on any atom is 0.223 e. The molecule has 2 aliphatic rings. The van der Waals surface area contributed by atoms with E-state index in [0.29, 0.717) is 5.69 Å². The van der Waals surface area contributed by atoms with Gasteiger partial charge in [-0.2, -0.15) is 0 Å². The van der Waals surface area contributed by atoms with E-state index in [1.54, 1.807) is 18.2 Å². The first-order valence-electron chi connectivity index (χ1n) is 8.75. The molecule has 146 valence electrons. The van der Waals surface area contributed by atoms with Gasteiger partial charge >= 0.3 is 0 Å². The topological polar surface area (TPSA) is 140 Å². The van der Waals surface area contributed by atoms with Crippen LogP contribution in [0.15, 0.2) is 24.4 Å². The van der Waals surface area contributed by atoms with Gasteiger partial charge in [0.05, 0.1) is 29.3 Å². The summed E-state index contributed by atoms with van der Waals surface area (Å²) in [6.45, 7) is -0.00531. The maximum absolute atomic E-state index is 12.9. The normalized spacial score (nSPS) is 24.8. The van der Waals surface area contributed by atoms with E-state index in [4.69, 9.17) is 5.73 Å². The van der Waals surface area contributed by atoms with Crippen molar-refractivity contribution in [3.8, 4) is 0 Å². The van der Waals surface area contributed by atoms with Crippen molar-refractivity contribution in [2.75, 3.05) is 13.1 Å². The number of nitrogens with one attached hydrogen (secondary N) is 1. The molecule has 27 heavy (non-hydrogen) atoms. The number of carbonyl (C=O) groups is 3. The molecule has 0 saturated carbocycles. The van der Waals surface area contributed by atoms with E-state index in [2.05, 4.69) is 10.3 Å². The molecule has 2 saturated heterocycles. The smallest absolute Gasteiger partial charge is 0.223 e. The molecule has 10 heteroatoms. The van der Waals surface area contributed by atoms with Crippen LogP contribution in [0.4, 0.5) is 0 Å². The number of nitrogens with zero attached hydrogens (tertiary/aromatic N) is 2. The van der Waals surface area contributed by atoms with E-state index < -0.39 is 33.1 Å². The van der Waals surface area contributed by atoms with E-state index in [1.165, 1.54) is 11.1 Å². The Morgan fingerprint density at radius 2 is 2.07 bits per heavy atom. The molecule has 2 amide bonds. The van der Waals surface area contributed by atoms with Gasteiger partial charge in [0.15, 0.2) is 15.6 Å². The van der Waals surface area contributed by atoms with E-state index >= 15 is 0 Å². The lowest BCUT2D eigenvalue weighted by Crippen LogP contribution is -2.43. The Labute approximate surface area is 157 Å². The molecule has 0 bridgehead atoms. The van der Waals surface area contributed by atoms with E-state index in [9.17, 15) is 22.8 Å². The second-order valence-corrected chi connectivity index (χ2v) is 9.07. The summed E-state index contributed by atoms with van der Waals surface area (Å²) in [7, 11) is -3.64. The summed E-state index contributed by atoms with van der Waals surface area (Å²) in [5.74, 6) is -1.28. The number of hydrogen-bond acceptors (Lipinski definition) is 7. The fourth-order valence-corrected chi connectivity index (χ4v) is 5.58. The molecule has 0 spiro atoms. The van der Waals surface area contributed by atoms with Gasteiger partial charge in [-0.05, 0) is 18.6 Å². The van der Waals surface area contributed by atoms with Crippen molar-refractivity contribution < 1.29 is 22.8 Å². The Morgan fingerprint density at radius 3 is 2.74 bits per heavy atom. The number of amides is 2. The second kappa shape index (κ2) is 7.73. The van der Waals surface area contributed by atoms with Crippen LogP contribution in [-0.2, 0) is 30.0 Å². The Morgan fingerprint density at radius 1 is 1.30 bits per heavy atom. The van der Waals surface area contributed by atoms with Crippen molar-refractivity contribution in [2.24, 2.45) is 5.73 Å². The van der Waals surface area contributed by atoms with Gasteiger partial charge in [-0.1, -0.05) is 6.07 Å². The van der Waals surface area contributed by atoms with E-state index in [0.717, 1.165) is 0 Å². The highest BCUT2D eigenvalue weighted by Crippen LogP contribution is 2.30. The Balaban J connectivity index is 1.76. The molecule has 3 atom stereocenters. The zero-order valence-electron chi connectivity index (χ0n) is 14.7. The number of Topliss-reactive ketones (excluding diaryl/α,β-unsaturated/α-hetero) is 1. The minimum absolute atomic E-state index is 0.0377. The third kappa shape index (κ3) is 4.16. The van der Waals surface area contributed by atoms with Crippen LogP contribution in [0.2, 0.25) is 0 Å². The van der Waals surface area contributed by atoms with Crippen LogP contribution in [0.5, 0.6) is 0 Å². The van der Waals surface area contributed by atoms with Gasteiger partial charge in [0.25, 0.3) is 0 Å². The van der Waals surface area contributed by atoms with Gasteiger partial charge in [0, 0.05) is 25.6 Å². The molecule has 3 N–H and O–H groups in total. The minimum atomic E-state index is -3.64. The van der Waals surface area contributed by atoms with Gasteiger partial charge in [0.2, 0.25) is 11.8 Å². The van der Waals surface area contributed by atoms with Crippen molar-refractivity contribution in [1.29, 1.82) is 0 Å². The zero-order valence-corrected chi connectivity index (χ0v) is 15.5. The Kier molecular flexibility index (Phi) is 5.56. The number of nitrogens with two attached hydrogens (primary N) is 1. The standard InChI is InChI=1S/C17H22N4O5S/c18-14(23)5-3-6-15(24)21-9-13(16-17(21)12(22)8-20-16)27(25,26)10-11-4-1-2-7-19-11/h1-2,4,7,13,16-17,20H,3,5-6,8-10H2,(H2,18,23). The first kappa shape index (κ1) is 19.4. The van der Waals surface area contributed by atoms with Gasteiger partial charge in [-0.15, -0.1) is 0 Å². The monoisotopic (exact) mass is 394 g/mol. The molecule has 9 nitrogen and oxygen atoms in total. The summed E-state index contributed by atoms with van der Waals surface area (Å²) in [5.41, 5.74) is 5.50. The lowest BCUT2D eigenvalue weighted by atomic mass is 10.1. The van der Waals surface area contributed by atoms with Crippen molar-refractivity contribution in [3.05, 3.63) is 30.1 Å². The quantitative estimate of drug-likeness (QED) is 0.590. The Hall–Kier alpha value is -2.33. The average Bonchev–Trinajstić information content (AvgIpc) is 3.16. The number of pyridine rings is 1. The lowest BCUT2D eigenvalue weighted by Gasteiger charge is -2.21. The predicted molar refractivity (Wildman–Crippen MR) is 96.0 cm³/mol. The molecule has 2 aliphatic heterocycles. The molecule has 0 aromatic carbocycles. The predicted octanol–water partition coefficient (Wildman–Crippen LogP) is -1.23. The van der Waals surface area contributed by atoms with Crippen LogP contribution < -0.4 is 11.1 Å². The summed E-state index contributed by atoms with van der Waals surface area (Å²) in [5, 5.41) is 2.07. The first-order valence-corrected chi connectivity index (χ1v) is 10.5. The average molecular weight is 394 g/mol. The molecule has 3 rings (SSSR count). The molecular formula is C17H22N4O5S. The van der Waals surface area contributed by atoms with Crippen LogP contribution in [0.25, 0.3) is 0 Å². The van der Waals surface area contributed by atoms with E-state index in [-0.39, 0.29) is 49.8 Å². The molecule has 1 aromatic heterocycles. The SMILES string of the molecule is NC(=O)CCCC(=O)N1CC(S(=O)(=O)Cc2ccccn2)C2NCC(=O)C21. The van der Waals surface area contributed by atoms with Gasteiger partial charge in [-0.3, -0.25) is 19.4 Å². The van der Waals surface area contributed by atoms with Crippen molar-refractivity contribution in [3.63, 3.8) is 0 Å². The van der Waals surface area contributed by atoms with Crippen LogP contribution in [0, 0.1) is 0 Å². The van der Waals surface area contributed by atoms with Crippen molar-refractivity contribution >= 4 is 27.4 Å². The summed E-state index contributed by atoms with van der Waals surface area (Å²) < 4.78 is 25.9. The molecule has 2 fully saturated rings. The molecule has 0 radical (unpaired) electrons. The summed E-state index contributed by atoms with van der Waals surface area (Å²) in [6, 6.07) is 3.64. The van der Waals surface area contributed by atoms with Gasteiger partial charge in [0.1, 0.15) is 6.04 Å². The van der Waals surface area contributed by atoms with Gasteiger partial charge < -0.3 is 16.0 Å². The lowest BCUT2D eigenvalue weighted by molar-refractivity contribution is -0.136. The summed E-state index contributed by atoms with van der Waals surface area (Å²) >= 11 is 0. The highest BCUT2D eigenvalue weighted by Gasteiger charge is 2.54. The third-order valence-corrected chi connectivity index (χ3v) is 7.03. The molecular weight excluding hydrogens is 372 g/mol. The van der Waals surface area contributed by atoms with Crippen LogP contribution in [-0.4, -0.2) is 66.3 Å². The fourth-order valence-electron chi connectivity index (χ4n) is 3.71. The van der Waals surface area contributed by atoms with E-state index in [1.807, 2.05) is 0 Å². The first-order chi connectivity index (χ1) is 12.8. The number of rotatable bonds is 7. The van der Waals surface area contributed by atoms with Crippen LogP contribution in [0.3, 0.4) is 0 Å². The number of primary amides is 1. The zero-order chi connectivity index (χ0) is 19.6. The number of hydrogen-bond donors (Lipinski definition) is 2. The van der Waals surface area contributed by atoms with Crippen molar-refractivity contribution in [1.82, 2.24) is 15.2 Å². The number of likely N-dealkylation sites (tertiary alicyclic amines) is 1. The van der Waals surface area contributed by atoms with Crippen LogP contribution >= 0.6 is 0 Å². The summed E-state index contributed by atoms with van der Waals surface area (Å²) in [6.07, 6.45) is 1.91. The highest BCUT2D eigenvalue weighted by atomic mass is 32.2. The van der Waals surface area contributed by atoms with Crippen molar-refractivity contribution in [2.45, 2.75) is 42.3 Å². The fraction of sp³-hybridized carbons (Fsp3) is 0.529. The largest absolute Gasteiger partial charge is 0.370 e. The number of ketones is 1. The minimum Gasteiger partial charge on any atom is -0.370 e. The highest BCUT2D eigenvalue weighted by molar-refractivity contribution is 7.91. The molecule has 0 aliphatic carbocycles. The maximum atomic E-state index is 12.9.